The van der Waals surface area contributed by atoms with E-state index in [9.17, 15) is 4.39 Å². The number of hydrogen-bond acceptors (Lipinski definition) is 0. The normalized spacial score (nSPS) is 10.8. The minimum Gasteiger partial charge on any atom is -0.206 e. The highest BCUT2D eigenvalue weighted by Crippen LogP contribution is 2.24. The zero-order chi connectivity index (χ0) is 14.4. The largest absolute Gasteiger partial charge is 0.206 e. The van der Waals surface area contributed by atoms with Crippen LogP contribution in [0, 0.1) is 12.7 Å². The predicted molar refractivity (Wildman–Crippen MR) is 84.4 cm³/mol. The number of hydrogen-bond donors (Lipinski definition) is 0. The highest BCUT2D eigenvalue weighted by atomic mass is 19.1. The molecule has 0 N–H and O–H groups in total. The van der Waals surface area contributed by atoms with E-state index in [4.69, 9.17) is 0 Å². The van der Waals surface area contributed by atoms with Crippen LogP contribution < -0.4 is 0 Å². The Morgan fingerprint density at radius 2 is 1.65 bits per heavy atom. The third-order valence-corrected chi connectivity index (χ3v) is 3.72. The highest BCUT2D eigenvalue weighted by Gasteiger charge is 2.06. The first kappa shape index (κ1) is 14.8. The summed E-state index contributed by atoms with van der Waals surface area (Å²) in [6, 6.07) is 13.7. The minimum absolute atomic E-state index is 0.109. The summed E-state index contributed by atoms with van der Waals surface area (Å²) in [6.45, 7) is 4.25. The fourth-order valence-electron chi connectivity index (χ4n) is 2.44. The lowest BCUT2D eigenvalue weighted by Crippen LogP contribution is -1.90. The first-order valence-electron chi connectivity index (χ1n) is 7.56. The molecule has 106 valence electrons. The van der Waals surface area contributed by atoms with Gasteiger partial charge >= 0.3 is 0 Å². The average molecular weight is 270 g/mol. The number of rotatable bonds is 6. The van der Waals surface area contributed by atoms with E-state index in [0.29, 0.717) is 5.56 Å². The van der Waals surface area contributed by atoms with Crippen LogP contribution in [0.25, 0.3) is 11.1 Å². The fraction of sp³-hybridized carbons (Fsp3) is 0.368. The molecule has 0 atom stereocenters. The summed E-state index contributed by atoms with van der Waals surface area (Å²) in [5.74, 6) is -0.109. The molecule has 0 unspecified atom stereocenters. The summed E-state index contributed by atoms with van der Waals surface area (Å²) in [5.41, 5.74) is 3.95. The summed E-state index contributed by atoms with van der Waals surface area (Å²) in [5, 5.41) is 0. The van der Waals surface area contributed by atoms with Gasteiger partial charge in [-0.05, 0) is 37.0 Å². The van der Waals surface area contributed by atoms with E-state index in [2.05, 4.69) is 13.0 Å². The van der Waals surface area contributed by atoms with Crippen LogP contribution in [0.1, 0.15) is 43.7 Å². The molecular weight excluding hydrogens is 247 g/mol. The van der Waals surface area contributed by atoms with E-state index < -0.39 is 0 Å². The van der Waals surface area contributed by atoms with Gasteiger partial charge in [0.15, 0.2) is 0 Å². The summed E-state index contributed by atoms with van der Waals surface area (Å²) in [4.78, 5) is 0. The van der Waals surface area contributed by atoms with Crippen molar-refractivity contribution in [1.82, 2.24) is 0 Å². The maximum absolute atomic E-state index is 14.2. The van der Waals surface area contributed by atoms with Gasteiger partial charge in [-0.2, -0.15) is 0 Å². The monoisotopic (exact) mass is 270 g/mol. The maximum atomic E-state index is 14.2. The molecule has 0 aromatic heterocycles. The molecule has 0 fully saturated rings. The topological polar surface area (TPSA) is 0 Å². The Labute approximate surface area is 121 Å². The van der Waals surface area contributed by atoms with Crippen molar-refractivity contribution in [3.05, 3.63) is 59.4 Å². The average Bonchev–Trinajstić information content (AvgIpc) is 2.45. The summed E-state index contributed by atoms with van der Waals surface area (Å²) in [7, 11) is 0. The second-order valence-electron chi connectivity index (χ2n) is 5.49. The van der Waals surface area contributed by atoms with E-state index in [0.717, 1.165) is 24.0 Å². The molecule has 2 aromatic rings. The van der Waals surface area contributed by atoms with Crippen molar-refractivity contribution in [1.29, 1.82) is 0 Å². The fourth-order valence-corrected chi connectivity index (χ4v) is 2.44. The molecule has 0 saturated heterocycles. The molecule has 0 aliphatic rings. The molecule has 0 amide bonds. The molecule has 0 nitrogen and oxygen atoms in total. The minimum atomic E-state index is -0.109. The molecule has 0 spiro atoms. The van der Waals surface area contributed by atoms with Gasteiger partial charge in [0.2, 0.25) is 0 Å². The van der Waals surface area contributed by atoms with Crippen molar-refractivity contribution >= 4 is 0 Å². The van der Waals surface area contributed by atoms with Gasteiger partial charge < -0.3 is 0 Å². The lowest BCUT2D eigenvalue weighted by molar-refractivity contribution is 0.624. The van der Waals surface area contributed by atoms with Gasteiger partial charge in [-0.15, -0.1) is 0 Å². The van der Waals surface area contributed by atoms with Gasteiger partial charge in [0, 0.05) is 5.56 Å². The maximum Gasteiger partial charge on any atom is 0.131 e. The summed E-state index contributed by atoms with van der Waals surface area (Å²) < 4.78 is 14.2. The molecule has 20 heavy (non-hydrogen) atoms. The van der Waals surface area contributed by atoms with Gasteiger partial charge in [0.1, 0.15) is 5.82 Å². The Kier molecular flexibility index (Phi) is 5.34. The Balaban J connectivity index is 2.07. The zero-order valence-electron chi connectivity index (χ0n) is 12.5. The second kappa shape index (κ2) is 7.23. The molecule has 2 aromatic carbocycles. The second-order valence-corrected chi connectivity index (χ2v) is 5.49. The van der Waals surface area contributed by atoms with E-state index >= 15 is 0 Å². The van der Waals surface area contributed by atoms with Gasteiger partial charge in [0.25, 0.3) is 0 Å². The van der Waals surface area contributed by atoms with Gasteiger partial charge in [-0.25, -0.2) is 4.39 Å². The van der Waals surface area contributed by atoms with Gasteiger partial charge in [-0.1, -0.05) is 68.1 Å². The summed E-state index contributed by atoms with van der Waals surface area (Å²) >= 11 is 0. The molecule has 0 radical (unpaired) electrons. The SMILES string of the molecule is CCCCCCc1ccc(-c2ccc(C)cc2)c(F)c1. The van der Waals surface area contributed by atoms with E-state index in [-0.39, 0.29) is 5.82 Å². The molecule has 0 aliphatic carbocycles. The van der Waals surface area contributed by atoms with Crippen LogP contribution in [0.4, 0.5) is 4.39 Å². The lowest BCUT2D eigenvalue weighted by Gasteiger charge is -2.07. The number of halogens is 1. The molecule has 2 rings (SSSR count). The van der Waals surface area contributed by atoms with Crippen LogP contribution in [0.3, 0.4) is 0 Å². The Hall–Kier alpha value is -1.63. The molecule has 0 aliphatic heterocycles. The molecule has 1 heteroatoms. The van der Waals surface area contributed by atoms with Crippen LogP contribution in [-0.2, 0) is 6.42 Å². The van der Waals surface area contributed by atoms with Crippen molar-refractivity contribution < 1.29 is 4.39 Å². The quantitative estimate of drug-likeness (QED) is 0.571. The smallest absolute Gasteiger partial charge is 0.131 e. The number of unbranched alkanes of at least 4 members (excludes halogenated alkanes) is 3. The summed E-state index contributed by atoms with van der Waals surface area (Å²) in [6.07, 6.45) is 5.87. The lowest BCUT2D eigenvalue weighted by atomic mass is 10.00. The van der Waals surface area contributed by atoms with Gasteiger partial charge in [0.05, 0.1) is 0 Å². The molecule has 0 bridgehead atoms. The van der Waals surface area contributed by atoms with Gasteiger partial charge in [-0.3, -0.25) is 0 Å². The molecular formula is C19H23F. The van der Waals surface area contributed by atoms with Crippen molar-refractivity contribution in [2.24, 2.45) is 0 Å². The van der Waals surface area contributed by atoms with Crippen molar-refractivity contribution in [3.8, 4) is 11.1 Å². The van der Waals surface area contributed by atoms with Crippen LogP contribution >= 0.6 is 0 Å². The van der Waals surface area contributed by atoms with E-state index in [1.807, 2.05) is 37.3 Å². The predicted octanol–water partition coefficient (Wildman–Crippen LogP) is 5.92. The molecule has 0 saturated carbocycles. The highest BCUT2D eigenvalue weighted by molar-refractivity contribution is 5.64. The Morgan fingerprint density at radius 3 is 2.30 bits per heavy atom. The first-order chi connectivity index (χ1) is 9.70. The van der Waals surface area contributed by atoms with Crippen LogP contribution in [-0.4, -0.2) is 0 Å². The standard InChI is InChI=1S/C19H23F/c1-3-4-5-6-7-16-10-13-18(19(20)14-16)17-11-8-15(2)9-12-17/h8-14H,3-7H2,1-2H3. The van der Waals surface area contributed by atoms with Crippen LogP contribution in [0.15, 0.2) is 42.5 Å². The zero-order valence-corrected chi connectivity index (χ0v) is 12.5. The third kappa shape index (κ3) is 3.93. The first-order valence-corrected chi connectivity index (χ1v) is 7.56. The molecule has 0 heterocycles. The van der Waals surface area contributed by atoms with Crippen molar-refractivity contribution in [2.45, 2.75) is 46.0 Å². The van der Waals surface area contributed by atoms with Crippen molar-refractivity contribution in [3.63, 3.8) is 0 Å². The number of benzene rings is 2. The van der Waals surface area contributed by atoms with Crippen LogP contribution in [0.5, 0.6) is 0 Å². The van der Waals surface area contributed by atoms with Crippen LogP contribution in [0.2, 0.25) is 0 Å². The Bertz CT molecular complexity index is 540. The Morgan fingerprint density at radius 1 is 0.900 bits per heavy atom. The van der Waals surface area contributed by atoms with E-state index in [1.165, 1.54) is 24.8 Å². The number of aryl methyl sites for hydroxylation is 2. The van der Waals surface area contributed by atoms with Crippen molar-refractivity contribution in [2.75, 3.05) is 0 Å². The van der Waals surface area contributed by atoms with E-state index in [1.54, 1.807) is 6.07 Å². The third-order valence-electron chi connectivity index (χ3n) is 3.72.